The zero-order valence-corrected chi connectivity index (χ0v) is 8.60. The van der Waals surface area contributed by atoms with Gasteiger partial charge < -0.3 is 4.74 Å². The molecule has 0 unspecified atom stereocenters. The van der Waals surface area contributed by atoms with E-state index in [2.05, 4.69) is 4.98 Å². The Balaban J connectivity index is 2.56. The maximum atomic E-state index is 11.4. The predicted octanol–water partition coefficient (Wildman–Crippen LogP) is 2.01. The van der Waals surface area contributed by atoms with Gasteiger partial charge in [0.25, 0.3) is 0 Å². The average Bonchev–Trinajstić information content (AvgIpc) is 2.17. The smallest absolute Gasteiger partial charge is 0.341 e. The van der Waals surface area contributed by atoms with Crippen molar-refractivity contribution in [2.45, 2.75) is 19.8 Å². The summed E-state index contributed by atoms with van der Waals surface area (Å²) in [5.41, 5.74) is 2.32. The van der Waals surface area contributed by atoms with E-state index in [1.54, 1.807) is 0 Å². The van der Waals surface area contributed by atoms with E-state index in [4.69, 9.17) is 16.3 Å². The van der Waals surface area contributed by atoms with Crippen LogP contribution in [-0.2, 0) is 17.6 Å². The molecular formula is C10H10ClNO2. The minimum absolute atomic E-state index is 0.268. The minimum Gasteiger partial charge on any atom is -0.462 e. The molecule has 1 aromatic heterocycles. The summed E-state index contributed by atoms with van der Waals surface area (Å²) < 4.78 is 4.90. The summed E-state index contributed by atoms with van der Waals surface area (Å²) in [4.78, 5) is 15.5. The number of halogens is 1. The molecule has 3 nitrogen and oxygen atoms in total. The van der Waals surface area contributed by atoms with Crippen LogP contribution in [0.2, 0.25) is 5.15 Å². The molecule has 0 saturated carbocycles. The van der Waals surface area contributed by atoms with Gasteiger partial charge in [-0.1, -0.05) is 18.5 Å². The number of hydrogen-bond acceptors (Lipinski definition) is 3. The lowest BCUT2D eigenvalue weighted by molar-refractivity contribution is 0.0480. The summed E-state index contributed by atoms with van der Waals surface area (Å²) in [7, 11) is 0. The molecule has 0 aliphatic carbocycles. The van der Waals surface area contributed by atoms with Gasteiger partial charge in [-0.3, -0.25) is 0 Å². The number of cyclic esters (lactones) is 1. The Kier molecular flexibility index (Phi) is 2.42. The van der Waals surface area contributed by atoms with Crippen molar-refractivity contribution in [3.05, 3.63) is 28.0 Å². The Morgan fingerprint density at radius 3 is 3.14 bits per heavy atom. The molecule has 0 spiro atoms. The van der Waals surface area contributed by atoms with Gasteiger partial charge in [-0.05, 0) is 18.1 Å². The summed E-state index contributed by atoms with van der Waals surface area (Å²) in [5.74, 6) is -0.355. The number of nitrogens with zero attached hydrogens (tertiary/aromatic N) is 1. The Bertz CT molecular complexity index is 390. The van der Waals surface area contributed by atoms with E-state index in [1.165, 1.54) is 0 Å². The van der Waals surface area contributed by atoms with Crippen LogP contribution in [0.4, 0.5) is 0 Å². The first-order valence-corrected chi connectivity index (χ1v) is 4.95. The van der Waals surface area contributed by atoms with Crippen LogP contribution in [0.25, 0.3) is 0 Å². The third-order valence-corrected chi connectivity index (χ3v) is 2.55. The summed E-state index contributed by atoms with van der Waals surface area (Å²) in [6, 6.07) is 1.93. The van der Waals surface area contributed by atoms with Gasteiger partial charge in [0, 0.05) is 12.1 Å². The van der Waals surface area contributed by atoms with E-state index in [-0.39, 0.29) is 11.1 Å². The lowest BCUT2D eigenvalue weighted by atomic mass is 10.0. The second-order valence-corrected chi connectivity index (χ2v) is 3.54. The lowest BCUT2D eigenvalue weighted by Crippen LogP contribution is -2.19. The maximum Gasteiger partial charge on any atom is 0.341 e. The van der Waals surface area contributed by atoms with Crippen molar-refractivity contribution in [2.75, 3.05) is 6.61 Å². The molecule has 0 radical (unpaired) electrons. The van der Waals surface area contributed by atoms with Crippen LogP contribution >= 0.6 is 11.6 Å². The second kappa shape index (κ2) is 3.58. The molecule has 2 rings (SSSR count). The van der Waals surface area contributed by atoms with Gasteiger partial charge in [0.05, 0.1) is 6.61 Å². The van der Waals surface area contributed by atoms with Crippen LogP contribution in [0.5, 0.6) is 0 Å². The summed E-state index contributed by atoms with van der Waals surface area (Å²) in [6.07, 6.45) is 1.55. The largest absolute Gasteiger partial charge is 0.462 e. The van der Waals surface area contributed by atoms with Crippen molar-refractivity contribution >= 4 is 17.6 Å². The number of aromatic nitrogens is 1. The third kappa shape index (κ3) is 1.48. The first-order valence-electron chi connectivity index (χ1n) is 4.57. The molecule has 0 aromatic carbocycles. The average molecular weight is 212 g/mol. The van der Waals surface area contributed by atoms with Gasteiger partial charge in [-0.25, -0.2) is 9.78 Å². The maximum absolute atomic E-state index is 11.4. The van der Waals surface area contributed by atoms with E-state index >= 15 is 0 Å². The molecule has 0 N–H and O–H groups in total. The van der Waals surface area contributed by atoms with E-state index in [0.29, 0.717) is 12.2 Å². The number of carbonyl (C=O) groups is 1. The molecule has 0 atom stereocenters. The molecule has 2 heterocycles. The fourth-order valence-electron chi connectivity index (χ4n) is 1.54. The van der Waals surface area contributed by atoms with Crippen LogP contribution in [0.3, 0.4) is 0 Å². The zero-order valence-electron chi connectivity index (χ0n) is 7.84. The lowest BCUT2D eigenvalue weighted by Gasteiger charge is -2.16. The zero-order chi connectivity index (χ0) is 10.1. The van der Waals surface area contributed by atoms with Crippen molar-refractivity contribution in [2.24, 2.45) is 0 Å². The van der Waals surface area contributed by atoms with E-state index in [1.807, 2.05) is 13.0 Å². The second-order valence-electron chi connectivity index (χ2n) is 3.18. The van der Waals surface area contributed by atoms with Gasteiger partial charge in [-0.2, -0.15) is 0 Å². The molecule has 4 heteroatoms. The van der Waals surface area contributed by atoms with Crippen molar-refractivity contribution < 1.29 is 9.53 Å². The van der Waals surface area contributed by atoms with Crippen LogP contribution in [-0.4, -0.2) is 17.6 Å². The van der Waals surface area contributed by atoms with E-state index in [9.17, 15) is 4.79 Å². The number of rotatable bonds is 1. The minimum atomic E-state index is -0.355. The Labute approximate surface area is 87.0 Å². The molecule has 14 heavy (non-hydrogen) atoms. The van der Waals surface area contributed by atoms with Gasteiger partial charge in [0.2, 0.25) is 0 Å². The molecule has 1 aromatic rings. The van der Waals surface area contributed by atoms with Crippen LogP contribution in [0.1, 0.15) is 28.5 Å². The van der Waals surface area contributed by atoms with Crippen molar-refractivity contribution in [3.63, 3.8) is 0 Å². The predicted molar refractivity (Wildman–Crippen MR) is 52.6 cm³/mol. The van der Waals surface area contributed by atoms with Gasteiger partial charge in [0.1, 0.15) is 10.7 Å². The molecule has 0 fully saturated rings. The molecule has 0 bridgehead atoms. The number of hydrogen-bond donors (Lipinski definition) is 0. The monoisotopic (exact) mass is 211 g/mol. The molecule has 0 saturated heterocycles. The molecule has 74 valence electrons. The highest BCUT2D eigenvalue weighted by atomic mass is 35.5. The summed E-state index contributed by atoms with van der Waals surface area (Å²) in [5, 5.41) is 0.268. The highest BCUT2D eigenvalue weighted by Gasteiger charge is 2.23. The number of esters is 1. The summed E-state index contributed by atoms with van der Waals surface area (Å²) >= 11 is 5.91. The van der Waals surface area contributed by atoms with Crippen molar-refractivity contribution in [3.8, 4) is 0 Å². The van der Waals surface area contributed by atoms with Crippen molar-refractivity contribution in [1.29, 1.82) is 0 Å². The Morgan fingerprint density at radius 2 is 2.43 bits per heavy atom. The van der Waals surface area contributed by atoms with Gasteiger partial charge in [0.15, 0.2) is 0 Å². The molecule has 0 amide bonds. The number of fused-ring (bicyclic) bond motifs is 1. The number of carbonyl (C=O) groups excluding carboxylic acids is 1. The number of pyridine rings is 1. The summed E-state index contributed by atoms with van der Waals surface area (Å²) in [6.45, 7) is 2.45. The molecule has 1 aliphatic heterocycles. The number of ether oxygens (including phenoxy) is 1. The molecule has 1 aliphatic rings. The van der Waals surface area contributed by atoms with E-state index in [0.717, 1.165) is 24.1 Å². The SMILES string of the molecule is CCc1cc2c(c(Cl)n1)C(=O)OCC2. The van der Waals surface area contributed by atoms with Crippen LogP contribution < -0.4 is 0 Å². The first-order chi connectivity index (χ1) is 6.72. The normalized spacial score (nSPS) is 14.9. The number of aryl methyl sites for hydroxylation is 1. The molecular weight excluding hydrogens is 202 g/mol. The van der Waals surface area contributed by atoms with Crippen molar-refractivity contribution in [1.82, 2.24) is 4.98 Å². The highest BCUT2D eigenvalue weighted by molar-refractivity contribution is 6.32. The Morgan fingerprint density at radius 1 is 1.64 bits per heavy atom. The van der Waals surface area contributed by atoms with Gasteiger partial charge in [-0.15, -0.1) is 0 Å². The van der Waals surface area contributed by atoms with Gasteiger partial charge >= 0.3 is 5.97 Å². The standard InChI is InChI=1S/C10H10ClNO2/c1-2-7-5-6-3-4-14-10(13)8(6)9(11)12-7/h5H,2-4H2,1H3. The fourth-order valence-corrected chi connectivity index (χ4v) is 1.85. The third-order valence-electron chi connectivity index (χ3n) is 2.28. The van der Waals surface area contributed by atoms with E-state index < -0.39 is 0 Å². The first kappa shape index (κ1) is 9.46. The Hall–Kier alpha value is -1.09. The topological polar surface area (TPSA) is 39.2 Å². The van der Waals surface area contributed by atoms with Crippen LogP contribution in [0, 0.1) is 0 Å². The fraction of sp³-hybridized carbons (Fsp3) is 0.400. The quantitative estimate of drug-likeness (QED) is 0.527. The highest BCUT2D eigenvalue weighted by Crippen LogP contribution is 2.24. The van der Waals surface area contributed by atoms with Crippen LogP contribution in [0.15, 0.2) is 6.07 Å².